The van der Waals surface area contributed by atoms with Gasteiger partial charge < -0.3 is 4.90 Å². The number of aromatic nitrogens is 5. The van der Waals surface area contributed by atoms with Crippen LogP contribution < -0.4 is 4.90 Å². The molecule has 3 heterocycles. The number of hydrogen-bond acceptors (Lipinski definition) is 5. The minimum absolute atomic E-state index is 0.548. The second-order valence-corrected chi connectivity index (χ2v) is 6.16. The lowest BCUT2D eigenvalue weighted by Gasteiger charge is -2.27. The Morgan fingerprint density at radius 2 is 1.87 bits per heavy atom. The van der Waals surface area contributed by atoms with E-state index in [1.165, 1.54) is 19.3 Å². The summed E-state index contributed by atoms with van der Waals surface area (Å²) < 4.78 is 1.78. The van der Waals surface area contributed by atoms with Crippen molar-refractivity contribution < 1.29 is 0 Å². The van der Waals surface area contributed by atoms with E-state index in [0.29, 0.717) is 6.54 Å². The summed E-state index contributed by atoms with van der Waals surface area (Å²) in [6.07, 6.45) is 5.27. The maximum Gasteiger partial charge on any atom is 0.184 e. The molecule has 0 saturated carbocycles. The lowest BCUT2D eigenvalue weighted by molar-refractivity contribution is 0.574. The van der Waals surface area contributed by atoms with E-state index in [1.807, 2.05) is 24.3 Å². The smallest absolute Gasteiger partial charge is 0.184 e. The van der Waals surface area contributed by atoms with Gasteiger partial charge in [0.05, 0.1) is 6.54 Å². The predicted octanol–water partition coefficient (Wildman–Crippen LogP) is 2.91. The van der Waals surface area contributed by atoms with E-state index in [0.717, 1.165) is 40.7 Å². The Kier molecular flexibility index (Phi) is 3.83. The molecule has 0 unspecified atom stereocenters. The van der Waals surface area contributed by atoms with E-state index in [-0.39, 0.29) is 0 Å². The molecule has 1 aromatic carbocycles. The Morgan fingerprint density at radius 3 is 2.70 bits per heavy atom. The van der Waals surface area contributed by atoms with Gasteiger partial charge in [0, 0.05) is 18.1 Å². The molecule has 118 valence electrons. The topological polar surface area (TPSA) is 59.7 Å². The minimum Gasteiger partial charge on any atom is -0.355 e. The van der Waals surface area contributed by atoms with Gasteiger partial charge in [0.1, 0.15) is 6.33 Å². The van der Waals surface area contributed by atoms with E-state index in [9.17, 15) is 0 Å². The van der Waals surface area contributed by atoms with Gasteiger partial charge in [-0.15, -0.1) is 5.10 Å². The molecule has 7 heteroatoms. The highest BCUT2D eigenvalue weighted by Crippen LogP contribution is 2.24. The summed E-state index contributed by atoms with van der Waals surface area (Å²) in [6.45, 7) is 2.58. The first kappa shape index (κ1) is 14.4. The summed E-state index contributed by atoms with van der Waals surface area (Å²) in [5, 5.41) is 9.31. The zero-order chi connectivity index (χ0) is 15.6. The first-order chi connectivity index (χ1) is 11.3. The van der Waals surface area contributed by atoms with Gasteiger partial charge in [-0.3, -0.25) is 0 Å². The molecule has 0 atom stereocenters. The van der Waals surface area contributed by atoms with Crippen molar-refractivity contribution in [2.75, 3.05) is 18.0 Å². The molecule has 0 aliphatic carbocycles. The van der Waals surface area contributed by atoms with Crippen LogP contribution >= 0.6 is 11.6 Å². The van der Waals surface area contributed by atoms with Crippen LogP contribution in [0.1, 0.15) is 24.8 Å². The predicted molar refractivity (Wildman–Crippen MR) is 89.7 cm³/mol. The molecule has 6 nitrogen and oxygen atoms in total. The lowest BCUT2D eigenvalue weighted by Crippen LogP contribution is -2.30. The molecule has 2 aromatic heterocycles. The Hall–Kier alpha value is -2.21. The third-order valence-corrected chi connectivity index (χ3v) is 4.58. The number of benzene rings is 1. The minimum atomic E-state index is 0.548. The molecule has 0 radical (unpaired) electrons. The third-order valence-electron chi connectivity index (χ3n) is 4.21. The van der Waals surface area contributed by atoms with Gasteiger partial charge in [0.25, 0.3) is 0 Å². The summed E-state index contributed by atoms with van der Waals surface area (Å²) in [7, 11) is 0. The van der Waals surface area contributed by atoms with Crippen LogP contribution in [0.25, 0.3) is 11.2 Å². The molecule has 0 bridgehead atoms. The van der Waals surface area contributed by atoms with Gasteiger partial charge in [0.15, 0.2) is 17.0 Å². The zero-order valence-electron chi connectivity index (χ0n) is 12.7. The van der Waals surface area contributed by atoms with Crippen LogP contribution in [0.5, 0.6) is 0 Å². The van der Waals surface area contributed by atoms with Crippen LogP contribution in [-0.4, -0.2) is 38.1 Å². The molecule has 1 aliphatic heterocycles. The van der Waals surface area contributed by atoms with E-state index in [1.54, 1.807) is 11.0 Å². The van der Waals surface area contributed by atoms with E-state index in [4.69, 9.17) is 11.6 Å². The normalized spacial score (nSPS) is 15.3. The number of anilines is 1. The monoisotopic (exact) mass is 328 g/mol. The summed E-state index contributed by atoms with van der Waals surface area (Å²) in [5.74, 6) is 0.889. The summed E-state index contributed by atoms with van der Waals surface area (Å²) >= 11 is 6.24. The Balaban J connectivity index is 1.71. The van der Waals surface area contributed by atoms with Crippen LogP contribution in [0.2, 0.25) is 5.02 Å². The molecule has 0 N–H and O–H groups in total. The standard InChI is InChI=1S/C16H17ClN6/c17-13-7-3-2-6-12(13)10-23-16-14(20-21-23)15(18-11-19-16)22-8-4-1-5-9-22/h2-3,6-7,11H,1,4-5,8-10H2. The van der Waals surface area contributed by atoms with Crippen LogP contribution in [0, 0.1) is 0 Å². The Bertz CT molecular complexity index is 824. The van der Waals surface area contributed by atoms with E-state index < -0.39 is 0 Å². The third kappa shape index (κ3) is 2.74. The van der Waals surface area contributed by atoms with Crippen LogP contribution in [0.4, 0.5) is 5.82 Å². The molecular formula is C16H17ClN6. The van der Waals surface area contributed by atoms with Crippen molar-refractivity contribution in [1.29, 1.82) is 0 Å². The number of fused-ring (bicyclic) bond motifs is 1. The molecule has 23 heavy (non-hydrogen) atoms. The van der Waals surface area contributed by atoms with Gasteiger partial charge in [-0.25, -0.2) is 14.6 Å². The molecule has 0 amide bonds. The van der Waals surface area contributed by atoms with Crippen LogP contribution in [-0.2, 0) is 6.54 Å². The number of halogens is 1. The fourth-order valence-electron chi connectivity index (χ4n) is 3.01. The van der Waals surface area contributed by atoms with Crippen molar-refractivity contribution in [2.45, 2.75) is 25.8 Å². The fourth-order valence-corrected chi connectivity index (χ4v) is 3.21. The maximum atomic E-state index is 6.24. The van der Waals surface area contributed by atoms with Crippen molar-refractivity contribution >= 4 is 28.6 Å². The largest absolute Gasteiger partial charge is 0.355 e. The number of nitrogens with zero attached hydrogens (tertiary/aromatic N) is 6. The van der Waals surface area contributed by atoms with Gasteiger partial charge in [-0.2, -0.15) is 0 Å². The first-order valence-corrected chi connectivity index (χ1v) is 8.23. The molecule has 4 rings (SSSR count). The molecule has 1 fully saturated rings. The number of hydrogen-bond donors (Lipinski definition) is 0. The van der Waals surface area contributed by atoms with Crippen molar-refractivity contribution in [3.8, 4) is 0 Å². The van der Waals surface area contributed by atoms with Gasteiger partial charge in [-0.1, -0.05) is 35.0 Å². The van der Waals surface area contributed by atoms with Crippen molar-refractivity contribution in [1.82, 2.24) is 25.0 Å². The maximum absolute atomic E-state index is 6.24. The quantitative estimate of drug-likeness (QED) is 0.740. The number of piperidine rings is 1. The van der Waals surface area contributed by atoms with Crippen molar-refractivity contribution in [3.63, 3.8) is 0 Å². The van der Waals surface area contributed by atoms with Gasteiger partial charge >= 0.3 is 0 Å². The highest BCUT2D eigenvalue weighted by atomic mass is 35.5. The van der Waals surface area contributed by atoms with Crippen molar-refractivity contribution in [3.05, 3.63) is 41.2 Å². The summed E-state index contributed by atoms with van der Waals surface area (Å²) in [5.41, 5.74) is 2.51. The fraction of sp³-hybridized carbons (Fsp3) is 0.375. The first-order valence-electron chi connectivity index (χ1n) is 7.85. The summed E-state index contributed by atoms with van der Waals surface area (Å²) in [6, 6.07) is 7.75. The SMILES string of the molecule is Clc1ccccc1Cn1nnc2c(N3CCCCC3)ncnc21. The number of rotatable bonds is 3. The van der Waals surface area contributed by atoms with Crippen LogP contribution in [0.15, 0.2) is 30.6 Å². The molecule has 1 aliphatic rings. The van der Waals surface area contributed by atoms with Crippen molar-refractivity contribution in [2.24, 2.45) is 0 Å². The second-order valence-electron chi connectivity index (χ2n) is 5.76. The highest BCUT2D eigenvalue weighted by Gasteiger charge is 2.19. The zero-order valence-corrected chi connectivity index (χ0v) is 13.4. The molecule has 0 spiro atoms. The second kappa shape index (κ2) is 6.12. The van der Waals surface area contributed by atoms with E-state index in [2.05, 4.69) is 25.2 Å². The highest BCUT2D eigenvalue weighted by molar-refractivity contribution is 6.31. The Labute approximate surface area is 139 Å². The van der Waals surface area contributed by atoms with Crippen LogP contribution in [0.3, 0.4) is 0 Å². The lowest BCUT2D eigenvalue weighted by atomic mass is 10.1. The molecule has 1 saturated heterocycles. The van der Waals surface area contributed by atoms with Gasteiger partial charge in [0.2, 0.25) is 0 Å². The average Bonchev–Trinajstić information content (AvgIpc) is 3.01. The Morgan fingerprint density at radius 1 is 1.04 bits per heavy atom. The average molecular weight is 329 g/mol. The van der Waals surface area contributed by atoms with Gasteiger partial charge in [-0.05, 0) is 30.9 Å². The van der Waals surface area contributed by atoms with E-state index >= 15 is 0 Å². The summed E-state index contributed by atoms with van der Waals surface area (Å²) in [4.78, 5) is 11.1. The molecule has 3 aromatic rings. The molecular weight excluding hydrogens is 312 g/mol.